The van der Waals surface area contributed by atoms with E-state index in [1.807, 2.05) is 19.9 Å². The number of hydrogen-bond acceptors (Lipinski definition) is 4. The van der Waals surface area contributed by atoms with Crippen molar-refractivity contribution < 1.29 is 19.1 Å². The fraction of sp³-hybridized carbons (Fsp3) is 0.571. The van der Waals surface area contributed by atoms with Crippen LogP contribution in [0.25, 0.3) is 0 Å². The summed E-state index contributed by atoms with van der Waals surface area (Å²) in [7, 11) is 0. The van der Waals surface area contributed by atoms with Crippen LogP contribution in [-0.2, 0) is 9.53 Å². The van der Waals surface area contributed by atoms with Gasteiger partial charge in [0.05, 0.1) is 18.6 Å². The molecule has 2 N–H and O–H groups in total. The van der Waals surface area contributed by atoms with Crippen molar-refractivity contribution in [1.29, 1.82) is 0 Å². The molecular formula is C21H28N4O4. The molecule has 29 heavy (non-hydrogen) atoms. The molecule has 0 unspecified atom stereocenters. The van der Waals surface area contributed by atoms with Gasteiger partial charge in [-0.15, -0.1) is 0 Å². The van der Waals surface area contributed by atoms with Gasteiger partial charge in [-0.2, -0.15) is 0 Å². The number of anilines is 1. The number of aryl methyl sites for hydroxylation is 1. The number of hydrogen-bond donors (Lipinski definition) is 2. The molecule has 2 atom stereocenters. The molecule has 3 aliphatic rings. The standard InChI is InChI=1S/C21H28N4O4/c1-3-6-22-19(27)21-12-24(10-16(21)11-29-13-21)18(26)15-5-4-14(2)17(9-15)25-8-7-23-20(25)28/h4-5,9,16H,3,6-8,10-13H2,1-2H3,(H,22,27)(H,23,28)/t16-,21-/m0/s1. The van der Waals surface area contributed by atoms with Gasteiger partial charge in [0.25, 0.3) is 5.91 Å². The summed E-state index contributed by atoms with van der Waals surface area (Å²) in [5, 5.41) is 5.78. The van der Waals surface area contributed by atoms with Gasteiger partial charge in [0.15, 0.2) is 0 Å². The van der Waals surface area contributed by atoms with E-state index >= 15 is 0 Å². The van der Waals surface area contributed by atoms with Crippen LogP contribution in [0.2, 0.25) is 0 Å². The Morgan fingerprint density at radius 2 is 2.21 bits per heavy atom. The SMILES string of the molecule is CCCNC(=O)[C@@]12COC[C@@H]1CN(C(=O)c1ccc(C)c(N3CCNC3=O)c1)C2. The molecule has 0 bridgehead atoms. The number of benzene rings is 1. The molecule has 3 saturated heterocycles. The summed E-state index contributed by atoms with van der Waals surface area (Å²) in [6.07, 6.45) is 0.867. The summed E-state index contributed by atoms with van der Waals surface area (Å²) in [5.41, 5.74) is 1.58. The zero-order valence-corrected chi connectivity index (χ0v) is 17.0. The molecule has 3 heterocycles. The van der Waals surface area contributed by atoms with Gasteiger partial charge in [-0.05, 0) is 31.0 Å². The lowest BCUT2D eigenvalue weighted by Gasteiger charge is -2.26. The molecule has 8 nitrogen and oxygen atoms in total. The minimum atomic E-state index is -0.660. The van der Waals surface area contributed by atoms with Crippen molar-refractivity contribution >= 4 is 23.5 Å². The third-order valence-electron chi connectivity index (χ3n) is 6.25. The molecular weight excluding hydrogens is 372 g/mol. The van der Waals surface area contributed by atoms with E-state index in [1.54, 1.807) is 21.9 Å². The highest BCUT2D eigenvalue weighted by Gasteiger charge is 2.56. The quantitative estimate of drug-likeness (QED) is 0.776. The first-order chi connectivity index (χ1) is 14.0. The molecule has 1 aromatic carbocycles. The lowest BCUT2D eigenvalue weighted by Crippen LogP contribution is -2.47. The van der Waals surface area contributed by atoms with E-state index in [0.717, 1.165) is 17.7 Å². The van der Waals surface area contributed by atoms with Crippen LogP contribution in [0.15, 0.2) is 18.2 Å². The number of likely N-dealkylation sites (tertiary alicyclic amines) is 1. The van der Waals surface area contributed by atoms with E-state index < -0.39 is 5.41 Å². The summed E-state index contributed by atoms with van der Waals surface area (Å²) >= 11 is 0. The number of carbonyl (C=O) groups excluding carboxylic acids is 3. The number of urea groups is 1. The highest BCUT2D eigenvalue weighted by atomic mass is 16.5. The van der Waals surface area contributed by atoms with Crippen LogP contribution in [-0.4, -0.2) is 68.7 Å². The van der Waals surface area contributed by atoms with Crippen LogP contribution in [0.5, 0.6) is 0 Å². The van der Waals surface area contributed by atoms with Crippen molar-refractivity contribution in [2.45, 2.75) is 20.3 Å². The average molecular weight is 400 g/mol. The summed E-state index contributed by atoms with van der Waals surface area (Å²) in [6.45, 7) is 7.47. The molecule has 0 spiro atoms. The zero-order valence-electron chi connectivity index (χ0n) is 17.0. The Bertz CT molecular complexity index is 842. The van der Waals surface area contributed by atoms with Gasteiger partial charge in [-0.3, -0.25) is 14.5 Å². The van der Waals surface area contributed by atoms with Gasteiger partial charge >= 0.3 is 6.03 Å². The van der Waals surface area contributed by atoms with E-state index in [-0.39, 0.29) is 23.8 Å². The van der Waals surface area contributed by atoms with Crippen molar-refractivity contribution in [3.8, 4) is 0 Å². The van der Waals surface area contributed by atoms with Crippen LogP contribution < -0.4 is 15.5 Å². The predicted octanol–water partition coefficient (Wildman–Crippen LogP) is 1.14. The monoisotopic (exact) mass is 400 g/mol. The van der Waals surface area contributed by atoms with Gasteiger partial charge in [0.2, 0.25) is 5.91 Å². The minimum Gasteiger partial charge on any atom is -0.380 e. The molecule has 0 aliphatic carbocycles. The number of fused-ring (bicyclic) bond motifs is 1. The second-order valence-corrected chi connectivity index (χ2v) is 8.19. The second-order valence-electron chi connectivity index (χ2n) is 8.19. The van der Waals surface area contributed by atoms with Crippen molar-refractivity contribution in [3.63, 3.8) is 0 Å². The van der Waals surface area contributed by atoms with Gasteiger partial charge in [0, 0.05) is 49.9 Å². The van der Waals surface area contributed by atoms with Crippen LogP contribution in [0.1, 0.15) is 29.3 Å². The van der Waals surface area contributed by atoms with E-state index in [4.69, 9.17) is 4.74 Å². The van der Waals surface area contributed by atoms with Gasteiger partial charge in [0.1, 0.15) is 0 Å². The van der Waals surface area contributed by atoms with Crippen LogP contribution >= 0.6 is 0 Å². The van der Waals surface area contributed by atoms with E-state index in [9.17, 15) is 14.4 Å². The van der Waals surface area contributed by atoms with E-state index in [2.05, 4.69) is 10.6 Å². The maximum atomic E-state index is 13.3. The first-order valence-electron chi connectivity index (χ1n) is 10.3. The first kappa shape index (κ1) is 19.7. The van der Waals surface area contributed by atoms with Gasteiger partial charge in [-0.1, -0.05) is 13.0 Å². The highest BCUT2D eigenvalue weighted by molar-refractivity contribution is 5.99. The molecule has 4 rings (SSSR count). The lowest BCUT2D eigenvalue weighted by molar-refractivity contribution is -0.131. The van der Waals surface area contributed by atoms with Crippen molar-refractivity contribution in [2.24, 2.45) is 11.3 Å². The Labute approximate surface area is 170 Å². The number of carbonyl (C=O) groups is 3. The van der Waals surface area contributed by atoms with Crippen molar-refractivity contribution in [1.82, 2.24) is 15.5 Å². The fourth-order valence-corrected chi connectivity index (χ4v) is 4.54. The van der Waals surface area contributed by atoms with Gasteiger partial charge < -0.3 is 20.3 Å². The molecule has 0 radical (unpaired) electrons. The molecule has 156 valence electrons. The summed E-state index contributed by atoms with van der Waals surface area (Å²) in [6, 6.07) is 5.32. The Balaban J connectivity index is 1.55. The number of nitrogens with zero attached hydrogens (tertiary/aromatic N) is 2. The molecule has 0 aromatic heterocycles. The maximum Gasteiger partial charge on any atom is 0.322 e. The Kier molecular flexibility index (Phi) is 5.21. The van der Waals surface area contributed by atoms with Crippen molar-refractivity contribution in [3.05, 3.63) is 29.3 Å². The Hall–Kier alpha value is -2.61. The van der Waals surface area contributed by atoms with Crippen LogP contribution in [0.3, 0.4) is 0 Å². The molecule has 0 saturated carbocycles. The normalized spacial score (nSPS) is 25.9. The number of amides is 4. The maximum absolute atomic E-state index is 13.3. The first-order valence-corrected chi connectivity index (χ1v) is 10.3. The molecule has 3 aliphatic heterocycles. The second kappa shape index (κ2) is 7.67. The minimum absolute atomic E-state index is 0.0117. The number of ether oxygens (including phenoxy) is 1. The van der Waals surface area contributed by atoms with Gasteiger partial charge in [-0.25, -0.2) is 4.79 Å². The molecule has 1 aromatic rings. The van der Waals surface area contributed by atoms with E-state index in [1.165, 1.54) is 0 Å². The third kappa shape index (κ3) is 3.35. The van der Waals surface area contributed by atoms with Crippen LogP contribution in [0, 0.1) is 18.3 Å². The molecule has 8 heteroatoms. The fourth-order valence-electron chi connectivity index (χ4n) is 4.54. The smallest absolute Gasteiger partial charge is 0.322 e. The molecule has 4 amide bonds. The average Bonchev–Trinajstić information content (AvgIpc) is 3.40. The zero-order chi connectivity index (χ0) is 20.6. The highest BCUT2D eigenvalue weighted by Crippen LogP contribution is 2.42. The van der Waals surface area contributed by atoms with E-state index in [0.29, 0.717) is 51.5 Å². The topological polar surface area (TPSA) is 91.0 Å². The summed E-state index contributed by atoms with van der Waals surface area (Å²) in [5.74, 6) is -0.115. The Morgan fingerprint density at radius 3 is 2.93 bits per heavy atom. The summed E-state index contributed by atoms with van der Waals surface area (Å²) in [4.78, 5) is 41.6. The number of nitrogens with one attached hydrogen (secondary N) is 2. The molecule has 3 fully saturated rings. The number of rotatable bonds is 5. The Morgan fingerprint density at radius 1 is 1.38 bits per heavy atom. The van der Waals surface area contributed by atoms with Crippen LogP contribution in [0.4, 0.5) is 10.5 Å². The summed E-state index contributed by atoms with van der Waals surface area (Å²) < 4.78 is 5.61. The third-order valence-corrected chi connectivity index (χ3v) is 6.25. The predicted molar refractivity (Wildman–Crippen MR) is 108 cm³/mol. The van der Waals surface area contributed by atoms with Crippen molar-refractivity contribution in [2.75, 3.05) is 50.8 Å². The lowest BCUT2D eigenvalue weighted by atomic mass is 9.80. The largest absolute Gasteiger partial charge is 0.380 e.